The number of halogens is 1. The molecule has 0 N–H and O–H groups in total. The van der Waals surface area contributed by atoms with E-state index in [4.69, 9.17) is 26.3 Å². The van der Waals surface area contributed by atoms with Crippen LogP contribution >= 0.6 is 11.6 Å². The highest BCUT2D eigenvalue weighted by molar-refractivity contribution is 6.32. The predicted molar refractivity (Wildman–Crippen MR) is 189 cm³/mol. The first kappa shape index (κ1) is 28.1. The molecule has 46 heavy (non-hydrogen) atoms. The van der Waals surface area contributed by atoms with Gasteiger partial charge in [0.15, 0.2) is 0 Å². The summed E-state index contributed by atoms with van der Waals surface area (Å²) in [7, 11) is 0. The number of aromatic nitrogens is 4. The van der Waals surface area contributed by atoms with Crippen LogP contribution in [-0.4, -0.2) is 19.1 Å². The number of hydrogen-bond acceptors (Lipinski definition) is 3. The van der Waals surface area contributed by atoms with Crippen LogP contribution in [0.2, 0.25) is 5.02 Å². The van der Waals surface area contributed by atoms with Crippen LogP contribution in [-0.2, 0) is 5.41 Å². The van der Waals surface area contributed by atoms with Crippen LogP contribution in [0.25, 0.3) is 55.5 Å². The first-order valence-electron chi connectivity index (χ1n) is 15.3. The average Bonchev–Trinajstić information content (AvgIpc) is 3.64. The van der Waals surface area contributed by atoms with Crippen molar-refractivity contribution in [2.24, 2.45) is 0 Å². The molecule has 0 saturated heterocycles. The lowest BCUT2D eigenvalue weighted by Gasteiger charge is -2.20. The Bertz CT molecular complexity index is 2400. The topological polar surface area (TPSA) is 44.9 Å². The maximum atomic E-state index is 6.53. The number of fused-ring (bicyclic) bond motifs is 4. The number of hydrogen-bond donors (Lipinski definition) is 0. The van der Waals surface area contributed by atoms with Gasteiger partial charge in [-0.1, -0.05) is 80.9 Å². The van der Waals surface area contributed by atoms with Crippen LogP contribution in [0.15, 0.2) is 134 Å². The Morgan fingerprint density at radius 1 is 0.652 bits per heavy atom. The molecule has 0 bridgehead atoms. The van der Waals surface area contributed by atoms with Crippen molar-refractivity contribution < 1.29 is 4.74 Å². The maximum absolute atomic E-state index is 6.53. The van der Waals surface area contributed by atoms with Crippen LogP contribution in [0.4, 0.5) is 0 Å². The van der Waals surface area contributed by atoms with Gasteiger partial charge < -0.3 is 4.74 Å². The minimum Gasteiger partial charge on any atom is -0.457 e. The number of ether oxygens (including phenoxy) is 1. The fraction of sp³-hybridized carbons (Fsp3) is 0.100. The lowest BCUT2D eigenvalue weighted by atomic mass is 9.88. The summed E-state index contributed by atoms with van der Waals surface area (Å²) in [6, 6.07) is 41.2. The van der Waals surface area contributed by atoms with E-state index in [-0.39, 0.29) is 5.41 Å². The van der Waals surface area contributed by atoms with Gasteiger partial charge in [-0.25, -0.2) is 9.97 Å². The molecule has 0 saturated carbocycles. The summed E-state index contributed by atoms with van der Waals surface area (Å²) in [6.45, 7) is 6.64. The zero-order valence-corrected chi connectivity index (χ0v) is 26.5. The second-order valence-corrected chi connectivity index (χ2v) is 13.0. The summed E-state index contributed by atoms with van der Waals surface area (Å²) in [5.41, 5.74) is 8.46. The van der Waals surface area contributed by atoms with Crippen molar-refractivity contribution in [2.75, 3.05) is 0 Å². The summed E-state index contributed by atoms with van der Waals surface area (Å²) in [6.07, 6.45) is 3.77. The molecule has 0 spiro atoms. The molecule has 0 aliphatic carbocycles. The van der Waals surface area contributed by atoms with Crippen molar-refractivity contribution in [3.63, 3.8) is 0 Å². The monoisotopic (exact) mass is 618 g/mol. The Labute approximate surface area is 272 Å². The maximum Gasteiger partial charge on any atom is 0.137 e. The van der Waals surface area contributed by atoms with Gasteiger partial charge in [0.2, 0.25) is 0 Å². The van der Waals surface area contributed by atoms with E-state index < -0.39 is 0 Å². The Morgan fingerprint density at radius 3 is 2.33 bits per heavy atom. The summed E-state index contributed by atoms with van der Waals surface area (Å²) in [4.78, 5) is 9.61. The standard InChI is InChI=1S/C40H31ClN4O/c1-40(2,3)27-19-20-42-38(21-27)45-35-18-15-28(41)22-34(35)33-17-16-31(24-37(33)45)46-30-12-7-11-29(23-30)44-25-43-39-32(13-8-14-36(39)44)26-9-5-4-6-10-26/h4-25H,1-3H3. The van der Waals surface area contributed by atoms with E-state index >= 15 is 0 Å². The summed E-state index contributed by atoms with van der Waals surface area (Å²) in [5, 5.41) is 2.85. The number of pyridine rings is 1. The van der Waals surface area contributed by atoms with Crippen LogP contribution in [0, 0.1) is 0 Å². The normalized spacial score (nSPS) is 11.9. The Kier molecular flexibility index (Phi) is 6.66. The molecule has 3 heterocycles. The predicted octanol–water partition coefficient (Wildman–Crippen LogP) is 10.9. The lowest BCUT2D eigenvalue weighted by Crippen LogP contribution is -2.12. The van der Waals surface area contributed by atoms with Crippen molar-refractivity contribution in [3.8, 4) is 34.1 Å². The third-order valence-corrected chi connectivity index (χ3v) is 8.77. The Balaban J connectivity index is 1.20. The van der Waals surface area contributed by atoms with Crippen molar-refractivity contribution in [3.05, 3.63) is 144 Å². The molecule has 3 aromatic heterocycles. The first-order chi connectivity index (χ1) is 22.3. The Hall–Kier alpha value is -5.39. The molecule has 8 rings (SSSR count). The van der Waals surface area contributed by atoms with Gasteiger partial charge in [-0.2, -0.15) is 0 Å². The van der Waals surface area contributed by atoms with Gasteiger partial charge in [0.1, 0.15) is 23.6 Å². The highest BCUT2D eigenvalue weighted by atomic mass is 35.5. The van der Waals surface area contributed by atoms with Crippen molar-refractivity contribution in [1.82, 2.24) is 19.1 Å². The molecule has 0 fully saturated rings. The minimum absolute atomic E-state index is 0.0112. The molecule has 0 aliphatic heterocycles. The molecule has 0 amide bonds. The van der Waals surface area contributed by atoms with Gasteiger partial charge in [0.05, 0.1) is 27.8 Å². The van der Waals surface area contributed by atoms with E-state index in [9.17, 15) is 0 Å². The molecule has 6 heteroatoms. The van der Waals surface area contributed by atoms with Gasteiger partial charge in [-0.3, -0.25) is 9.13 Å². The number of para-hydroxylation sites is 1. The van der Waals surface area contributed by atoms with E-state index in [1.165, 1.54) is 5.56 Å². The molecular weight excluding hydrogens is 588 g/mol. The molecule has 5 nitrogen and oxygen atoms in total. The summed E-state index contributed by atoms with van der Waals surface area (Å²) < 4.78 is 10.8. The molecule has 224 valence electrons. The smallest absolute Gasteiger partial charge is 0.137 e. The zero-order valence-electron chi connectivity index (χ0n) is 25.8. The SMILES string of the molecule is CC(C)(C)c1ccnc(-n2c3ccc(Cl)cc3c3ccc(Oc4cccc(-n5cnc6c(-c7ccccc7)cccc65)c4)cc32)c1. The minimum atomic E-state index is -0.0112. The highest BCUT2D eigenvalue weighted by Gasteiger charge is 2.19. The van der Waals surface area contributed by atoms with Crippen LogP contribution < -0.4 is 4.74 Å². The number of nitrogens with zero attached hydrogens (tertiary/aromatic N) is 4. The number of imidazole rings is 1. The van der Waals surface area contributed by atoms with Gasteiger partial charge in [-0.05, 0) is 77.2 Å². The van der Waals surface area contributed by atoms with Crippen LogP contribution in [0.5, 0.6) is 11.5 Å². The highest BCUT2D eigenvalue weighted by Crippen LogP contribution is 2.37. The van der Waals surface area contributed by atoms with Crippen molar-refractivity contribution in [2.45, 2.75) is 26.2 Å². The molecule has 0 radical (unpaired) electrons. The summed E-state index contributed by atoms with van der Waals surface area (Å²) in [5.74, 6) is 2.32. The van der Waals surface area contributed by atoms with Crippen LogP contribution in [0.1, 0.15) is 26.3 Å². The van der Waals surface area contributed by atoms with Crippen molar-refractivity contribution >= 4 is 44.4 Å². The van der Waals surface area contributed by atoms with Gasteiger partial charge >= 0.3 is 0 Å². The molecule has 0 aliphatic rings. The van der Waals surface area contributed by atoms with E-state index in [0.717, 1.165) is 67.0 Å². The van der Waals surface area contributed by atoms with E-state index in [0.29, 0.717) is 5.02 Å². The zero-order chi connectivity index (χ0) is 31.4. The van der Waals surface area contributed by atoms with Gasteiger partial charge in [0.25, 0.3) is 0 Å². The van der Waals surface area contributed by atoms with Gasteiger partial charge in [-0.15, -0.1) is 0 Å². The molecule has 8 aromatic rings. The van der Waals surface area contributed by atoms with Gasteiger partial charge in [0, 0.05) is 39.7 Å². The fourth-order valence-electron chi connectivity index (χ4n) is 6.22. The number of rotatable bonds is 5. The largest absolute Gasteiger partial charge is 0.457 e. The Morgan fingerprint density at radius 2 is 1.48 bits per heavy atom. The van der Waals surface area contributed by atoms with E-state index in [1.807, 2.05) is 55.0 Å². The summed E-state index contributed by atoms with van der Waals surface area (Å²) >= 11 is 6.48. The van der Waals surface area contributed by atoms with E-state index in [1.54, 1.807) is 0 Å². The van der Waals surface area contributed by atoms with Crippen LogP contribution in [0.3, 0.4) is 0 Å². The third-order valence-electron chi connectivity index (χ3n) is 8.53. The molecular formula is C40H31ClN4O. The second kappa shape index (κ2) is 10.9. The lowest BCUT2D eigenvalue weighted by molar-refractivity contribution is 0.483. The molecule has 0 unspecified atom stereocenters. The molecule has 5 aromatic carbocycles. The van der Waals surface area contributed by atoms with Crippen molar-refractivity contribution in [1.29, 1.82) is 0 Å². The number of benzene rings is 5. The quantitative estimate of drug-likeness (QED) is 0.193. The van der Waals surface area contributed by atoms with E-state index in [2.05, 4.69) is 109 Å². The second-order valence-electron chi connectivity index (χ2n) is 12.6. The third kappa shape index (κ3) is 4.90. The fourth-order valence-corrected chi connectivity index (χ4v) is 6.39. The first-order valence-corrected chi connectivity index (χ1v) is 15.7. The average molecular weight is 619 g/mol. The molecule has 0 atom stereocenters.